The molecule has 0 aliphatic carbocycles. The molecule has 1 aromatic heterocycles. The highest BCUT2D eigenvalue weighted by atomic mass is 35.5. The number of benzene rings is 1. The molecular formula is C16H18ClN3O2S. The van der Waals surface area contributed by atoms with Gasteiger partial charge in [-0.25, -0.2) is 4.98 Å². The number of halogens is 1. The molecule has 1 unspecified atom stereocenters. The summed E-state index contributed by atoms with van der Waals surface area (Å²) in [7, 11) is 0. The molecule has 7 heteroatoms. The van der Waals surface area contributed by atoms with Gasteiger partial charge in [-0.15, -0.1) is 0 Å². The third-order valence-corrected chi connectivity index (χ3v) is 4.28. The van der Waals surface area contributed by atoms with Crippen LogP contribution in [0.25, 0.3) is 0 Å². The minimum absolute atomic E-state index is 0.166. The van der Waals surface area contributed by atoms with E-state index in [2.05, 4.69) is 15.3 Å². The Balaban J connectivity index is 2.03. The Kier molecular flexibility index (Phi) is 6.24. The van der Waals surface area contributed by atoms with Crippen molar-refractivity contribution in [3.8, 4) is 0 Å². The van der Waals surface area contributed by atoms with Gasteiger partial charge in [0.05, 0.1) is 5.25 Å². The molecule has 122 valence electrons. The Morgan fingerprint density at radius 2 is 2.09 bits per heavy atom. The van der Waals surface area contributed by atoms with Crippen molar-refractivity contribution in [2.45, 2.75) is 37.1 Å². The Hall–Kier alpha value is -1.79. The maximum atomic E-state index is 12.2. The minimum Gasteiger partial charge on any atom is -0.325 e. The van der Waals surface area contributed by atoms with Gasteiger partial charge in [0.25, 0.3) is 5.56 Å². The van der Waals surface area contributed by atoms with Crippen molar-refractivity contribution in [2.75, 3.05) is 5.32 Å². The number of amides is 1. The van der Waals surface area contributed by atoms with Crippen molar-refractivity contribution in [1.82, 2.24) is 9.97 Å². The molecule has 1 atom stereocenters. The van der Waals surface area contributed by atoms with Crippen LogP contribution in [0.2, 0.25) is 5.02 Å². The fourth-order valence-electron chi connectivity index (χ4n) is 1.92. The number of hydrogen-bond acceptors (Lipinski definition) is 4. The summed E-state index contributed by atoms with van der Waals surface area (Å²) in [5.41, 5.74) is 1.22. The Bertz CT molecular complexity index is 731. The monoisotopic (exact) mass is 351 g/mol. The summed E-state index contributed by atoms with van der Waals surface area (Å²) in [6, 6.07) is 8.38. The summed E-state index contributed by atoms with van der Waals surface area (Å²) in [6.45, 7) is 3.79. The summed E-state index contributed by atoms with van der Waals surface area (Å²) >= 11 is 7.04. The lowest BCUT2D eigenvalue weighted by atomic mass is 10.2. The second-order valence-corrected chi connectivity index (χ2v) is 6.81. The smallest absolute Gasteiger partial charge is 0.251 e. The summed E-state index contributed by atoms with van der Waals surface area (Å²) < 4.78 is 0. The number of anilines is 1. The molecule has 0 spiro atoms. The molecule has 5 nitrogen and oxygen atoms in total. The summed E-state index contributed by atoms with van der Waals surface area (Å²) in [4.78, 5) is 30.9. The first-order valence-corrected chi connectivity index (χ1v) is 8.57. The third-order valence-electron chi connectivity index (χ3n) is 3.05. The molecule has 1 aromatic carbocycles. The van der Waals surface area contributed by atoms with Crippen LogP contribution in [0.15, 0.2) is 40.3 Å². The normalized spacial score (nSPS) is 12.0. The zero-order valence-corrected chi connectivity index (χ0v) is 14.5. The van der Waals surface area contributed by atoms with E-state index in [9.17, 15) is 9.59 Å². The molecule has 0 aliphatic heterocycles. The van der Waals surface area contributed by atoms with Gasteiger partial charge in [-0.05, 0) is 37.6 Å². The fourth-order valence-corrected chi connectivity index (χ4v) is 2.88. The van der Waals surface area contributed by atoms with Crippen molar-refractivity contribution in [3.05, 3.63) is 51.4 Å². The van der Waals surface area contributed by atoms with Gasteiger partial charge in [0, 0.05) is 22.5 Å². The zero-order chi connectivity index (χ0) is 16.8. The number of carbonyl (C=O) groups is 1. The van der Waals surface area contributed by atoms with Crippen molar-refractivity contribution in [3.63, 3.8) is 0 Å². The number of aromatic nitrogens is 2. The van der Waals surface area contributed by atoms with Gasteiger partial charge in [-0.1, -0.05) is 36.7 Å². The molecule has 2 N–H and O–H groups in total. The molecule has 2 aromatic rings. The van der Waals surface area contributed by atoms with Crippen LogP contribution in [0.4, 0.5) is 5.69 Å². The van der Waals surface area contributed by atoms with E-state index in [1.807, 2.05) is 6.92 Å². The number of hydrogen-bond donors (Lipinski definition) is 2. The zero-order valence-electron chi connectivity index (χ0n) is 12.9. The van der Waals surface area contributed by atoms with Crippen molar-refractivity contribution < 1.29 is 4.79 Å². The van der Waals surface area contributed by atoms with E-state index in [0.29, 0.717) is 15.9 Å². The van der Waals surface area contributed by atoms with Crippen molar-refractivity contribution in [2.24, 2.45) is 0 Å². The van der Waals surface area contributed by atoms with Gasteiger partial charge in [-0.2, -0.15) is 0 Å². The fraction of sp³-hybridized carbons (Fsp3) is 0.312. The Labute approximate surface area is 143 Å². The van der Waals surface area contributed by atoms with Crippen LogP contribution in [0.5, 0.6) is 0 Å². The highest BCUT2D eigenvalue weighted by Gasteiger charge is 2.16. The molecule has 0 fully saturated rings. The van der Waals surface area contributed by atoms with Crippen LogP contribution in [0.3, 0.4) is 0 Å². The van der Waals surface area contributed by atoms with Crippen LogP contribution in [0.1, 0.15) is 26.0 Å². The van der Waals surface area contributed by atoms with Gasteiger partial charge in [0.15, 0.2) is 5.16 Å². The Morgan fingerprint density at radius 3 is 2.74 bits per heavy atom. The lowest BCUT2D eigenvalue weighted by molar-refractivity contribution is -0.115. The molecule has 0 aliphatic rings. The van der Waals surface area contributed by atoms with E-state index in [4.69, 9.17) is 11.6 Å². The highest BCUT2D eigenvalue weighted by molar-refractivity contribution is 8.00. The Morgan fingerprint density at radius 1 is 1.39 bits per heavy atom. The number of nitrogens with one attached hydrogen (secondary N) is 2. The third kappa shape index (κ3) is 5.41. The average Bonchev–Trinajstić information content (AvgIpc) is 2.49. The van der Waals surface area contributed by atoms with E-state index in [-0.39, 0.29) is 11.5 Å². The van der Waals surface area contributed by atoms with Crippen LogP contribution in [0, 0.1) is 0 Å². The van der Waals surface area contributed by atoms with Gasteiger partial charge in [-0.3, -0.25) is 9.59 Å². The molecular weight excluding hydrogens is 334 g/mol. The first-order valence-electron chi connectivity index (χ1n) is 7.31. The minimum atomic E-state index is -0.397. The van der Waals surface area contributed by atoms with E-state index >= 15 is 0 Å². The molecule has 2 rings (SSSR count). The second kappa shape index (κ2) is 8.17. The standard InChI is InChI=1S/C16H18ClN3O2S/c1-3-4-13-9-14(21)20-16(19-13)23-10(2)15(22)18-12-7-5-11(17)6-8-12/h5-10H,3-4H2,1-2H3,(H,18,22)(H,19,20,21). The van der Waals surface area contributed by atoms with Gasteiger partial charge in [0.2, 0.25) is 5.91 Å². The second-order valence-electron chi connectivity index (χ2n) is 5.05. The van der Waals surface area contributed by atoms with E-state index in [1.54, 1.807) is 31.2 Å². The lowest BCUT2D eigenvalue weighted by Gasteiger charge is -2.12. The predicted molar refractivity (Wildman–Crippen MR) is 94.3 cm³/mol. The SMILES string of the molecule is CCCc1cc(=O)[nH]c(SC(C)C(=O)Nc2ccc(Cl)cc2)n1. The molecule has 1 amide bonds. The number of H-pyrrole nitrogens is 1. The van der Waals surface area contributed by atoms with E-state index in [1.165, 1.54) is 17.8 Å². The lowest BCUT2D eigenvalue weighted by Crippen LogP contribution is -2.23. The quantitative estimate of drug-likeness (QED) is 0.617. The van der Waals surface area contributed by atoms with Gasteiger partial charge < -0.3 is 10.3 Å². The van der Waals surface area contributed by atoms with E-state index < -0.39 is 5.25 Å². The van der Waals surface area contributed by atoms with Crippen LogP contribution in [-0.4, -0.2) is 21.1 Å². The largest absolute Gasteiger partial charge is 0.325 e. The molecule has 0 bridgehead atoms. The predicted octanol–water partition coefficient (Wildman–Crippen LogP) is 3.50. The number of nitrogens with zero attached hydrogens (tertiary/aromatic N) is 1. The van der Waals surface area contributed by atoms with Crippen LogP contribution >= 0.6 is 23.4 Å². The maximum absolute atomic E-state index is 12.2. The van der Waals surface area contributed by atoms with Crippen molar-refractivity contribution in [1.29, 1.82) is 0 Å². The summed E-state index contributed by atoms with van der Waals surface area (Å²) in [5, 5.41) is 3.48. The average molecular weight is 352 g/mol. The summed E-state index contributed by atoms with van der Waals surface area (Å²) in [5.74, 6) is -0.166. The molecule has 0 saturated heterocycles. The number of aromatic amines is 1. The van der Waals surface area contributed by atoms with Crippen molar-refractivity contribution >= 4 is 35.0 Å². The maximum Gasteiger partial charge on any atom is 0.251 e. The first-order chi connectivity index (χ1) is 11.0. The van der Waals surface area contributed by atoms with Crippen LogP contribution in [-0.2, 0) is 11.2 Å². The number of rotatable bonds is 6. The van der Waals surface area contributed by atoms with E-state index in [0.717, 1.165) is 18.5 Å². The molecule has 1 heterocycles. The number of aryl methyl sites for hydroxylation is 1. The van der Waals surface area contributed by atoms with Crippen LogP contribution < -0.4 is 10.9 Å². The first kappa shape index (κ1) is 17.6. The highest BCUT2D eigenvalue weighted by Crippen LogP contribution is 2.21. The molecule has 0 radical (unpaired) electrons. The summed E-state index contributed by atoms with van der Waals surface area (Å²) in [6.07, 6.45) is 1.65. The number of carbonyl (C=O) groups excluding carboxylic acids is 1. The van der Waals surface area contributed by atoms with Gasteiger partial charge >= 0.3 is 0 Å². The number of thioether (sulfide) groups is 1. The topological polar surface area (TPSA) is 74.8 Å². The van der Waals surface area contributed by atoms with Gasteiger partial charge in [0.1, 0.15) is 0 Å². The molecule has 23 heavy (non-hydrogen) atoms. The molecule has 0 saturated carbocycles.